The van der Waals surface area contributed by atoms with E-state index in [1.807, 2.05) is 0 Å². The molecule has 5 nitrogen and oxygen atoms in total. The molecule has 3 aromatic carbocycles. The number of carbonyl (C=O) groups is 2. The van der Waals surface area contributed by atoms with Gasteiger partial charge >= 0.3 is 0 Å². The van der Waals surface area contributed by atoms with Gasteiger partial charge in [0, 0.05) is 11.6 Å². The Bertz CT molecular complexity index is 1500. The maximum atomic E-state index is 14.8. The zero-order valence-electron chi connectivity index (χ0n) is 19.5. The van der Waals surface area contributed by atoms with Gasteiger partial charge in [-0.2, -0.15) is 0 Å². The quantitative estimate of drug-likeness (QED) is 0.217. The molecular weight excluding hydrogens is 621 g/mol. The molecule has 1 aliphatic carbocycles. The standard InChI is InChI=1S/C26H17Cl5F3N3O2/c1-11(32)10-35-23-18(33)6-7-19(22(23)34)37-24(38)14-9-13(3-5-15(14)27)36-25(39)21-20(26(21,30)31)12-2-4-16(28)17(29)8-12/h2-9,20-21,35H,1,10H2,(H,36,39)(H,37,38)/t20-,21+/m0/s1. The second kappa shape index (κ2) is 11.5. The van der Waals surface area contributed by atoms with E-state index in [1.165, 1.54) is 18.2 Å². The third-order valence-electron chi connectivity index (χ3n) is 5.91. The van der Waals surface area contributed by atoms with Crippen molar-refractivity contribution in [2.24, 2.45) is 5.92 Å². The molecule has 1 saturated carbocycles. The first-order valence-electron chi connectivity index (χ1n) is 11.1. The van der Waals surface area contributed by atoms with Crippen LogP contribution in [0.15, 0.2) is 60.9 Å². The maximum absolute atomic E-state index is 14.8. The topological polar surface area (TPSA) is 70.2 Å². The number of benzene rings is 3. The van der Waals surface area contributed by atoms with Crippen LogP contribution in [0, 0.1) is 17.6 Å². The summed E-state index contributed by atoms with van der Waals surface area (Å²) in [4.78, 5) is 25.9. The van der Waals surface area contributed by atoms with E-state index in [0.717, 1.165) is 12.1 Å². The minimum Gasteiger partial charge on any atom is -0.374 e. The zero-order valence-corrected chi connectivity index (χ0v) is 23.3. The summed E-state index contributed by atoms with van der Waals surface area (Å²) >= 11 is 31.0. The normalized spacial score (nSPS) is 17.3. The predicted molar refractivity (Wildman–Crippen MR) is 150 cm³/mol. The molecule has 0 bridgehead atoms. The van der Waals surface area contributed by atoms with Gasteiger partial charge in [-0.15, -0.1) is 23.2 Å². The molecule has 0 radical (unpaired) electrons. The number of rotatable bonds is 8. The van der Waals surface area contributed by atoms with Crippen molar-refractivity contribution in [3.05, 3.63) is 98.8 Å². The van der Waals surface area contributed by atoms with Gasteiger partial charge < -0.3 is 16.0 Å². The Morgan fingerprint density at radius 2 is 1.62 bits per heavy atom. The number of amides is 2. The molecule has 204 valence electrons. The van der Waals surface area contributed by atoms with E-state index in [4.69, 9.17) is 58.0 Å². The van der Waals surface area contributed by atoms with Crippen LogP contribution >= 0.6 is 58.0 Å². The van der Waals surface area contributed by atoms with Crippen LogP contribution < -0.4 is 16.0 Å². The Hall–Kier alpha value is -2.62. The van der Waals surface area contributed by atoms with Crippen LogP contribution in [0.25, 0.3) is 0 Å². The third-order valence-corrected chi connectivity index (χ3v) is 7.92. The molecule has 0 aromatic heterocycles. The molecule has 2 amide bonds. The largest absolute Gasteiger partial charge is 0.374 e. The van der Waals surface area contributed by atoms with Gasteiger partial charge in [-0.25, -0.2) is 13.2 Å². The van der Waals surface area contributed by atoms with Gasteiger partial charge in [0.15, 0.2) is 5.82 Å². The third kappa shape index (κ3) is 6.26. The first kappa shape index (κ1) is 29.4. The minimum atomic E-state index is -1.41. The second-order valence-electron chi connectivity index (χ2n) is 8.60. The lowest BCUT2D eigenvalue weighted by Crippen LogP contribution is -2.18. The highest BCUT2D eigenvalue weighted by molar-refractivity contribution is 6.53. The van der Waals surface area contributed by atoms with Crippen molar-refractivity contribution < 1.29 is 22.8 Å². The zero-order chi connectivity index (χ0) is 28.6. The summed E-state index contributed by atoms with van der Waals surface area (Å²) in [5.74, 6) is -5.79. The number of carbonyl (C=O) groups excluding carboxylic acids is 2. The second-order valence-corrected chi connectivity index (χ2v) is 11.3. The Kier molecular flexibility index (Phi) is 8.64. The van der Waals surface area contributed by atoms with Crippen molar-refractivity contribution >= 4 is 86.9 Å². The van der Waals surface area contributed by atoms with Gasteiger partial charge in [0.05, 0.1) is 38.8 Å². The lowest BCUT2D eigenvalue weighted by molar-refractivity contribution is -0.117. The molecule has 1 aliphatic rings. The lowest BCUT2D eigenvalue weighted by atomic mass is 10.1. The van der Waals surface area contributed by atoms with Crippen LogP contribution in [-0.4, -0.2) is 22.7 Å². The number of alkyl halides is 2. The average molecular weight is 638 g/mol. The summed E-state index contributed by atoms with van der Waals surface area (Å²) < 4.78 is 40.4. The molecule has 4 rings (SSSR count). The summed E-state index contributed by atoms with van der Waals surface area (Å²) in [5.41, 5.74) is -0.357. The van der Waals surface area contributed by atoms with Gasteiger partial charge in [-0.05, 0) is 48.0 Å². The maximum Gasteiger partial charge on any atom is 0.257 e. The fourth-order valence-corrected chi connectivity index (χ4v) is 5.29. The van der Waals surface area contributed by atoms with Crippen LogP contribution in [0.4, 0.5) is 30.2 Å². The monoisotopic (exact) mass is 635 g/mol. The highest BCUT2D eigenvalue weighted by atomic mass is 35.5. The van der Waals surface area contributed by atoms with Gasteiger partial charge in [0.25, 0.3) is 5.91 Å². The molecule has 3 aromatic rings. The molecule has 0 aliphatic heterocycles. The van der Waals surface area contributed by atoms with Gasteiger partial charge in [0.2, 0.25) is 5.91 Å². The Morgan fingerprint density at radius 3 is 2.28 bits per heavy atom. The Balaban J connectivity index is 1.51. The smallest absolute Gasteiger partial charge is 0.257 e. The lowest BCUT2D eigenvalue weighted by Gasteiger charge is -2.13. The van der Waals surface area contributed by atoms with Crippen molar-refractivity contribution in [1.29, 1.82) is 0 Å². The van der Waals surface area contributed by atoms with E-state index in [9.17, 15) is 22.8 Å². The van der Waals surface area contributed by atoms with Crippen LogP contribution in [0.2, 0.25) is 15.1 Å². The summed E-state index contributed by atoms with van der Waals surface area (Å²) in [6.45, 7) is 2.48. The molecule has 0 saturated heterocycles. The molecule has 3 N–H and O–H groups in total. The summed E-state index contributed by atoms with van der Waals surface area (Å²) in [6.07, 6.45) is 0. The van der Waals surface area contributed by atoms with Crippen molar-refractivity contribution in [2.75, 3.05) is 22.5 Å². The van der Waals surface area contributed by atoms with Gasteiger partial charge in [0.1, 0.15) is 21.7 Å². The molecule has 2 atom stereocenters. The van der Waals surface area contributed by atoms with Crippen LogP contribution in [-0.2, 0) is 4.79 Å². The number of halogens is 8. The summed E-state index contributed by atoms with van der Waals surface area (Å²) in [5, 5.41) is 7.78. The van der Waals surface area contributed by atoms with E-state index in [2.05, 4.69) is 22.5 Å². The van der Waals surface area contributed by atoms with Crippen LogP contribution in [0.3, 0.4) is 0 Å². The van der Waals surface area contributed by atoms with Crippen molar-refractivity contribution in [2.45, 2.75) is 10.3 Å². The molecule has 0 heterocycles. The molecular formula is C26H17Cl5F3N3O2. The number of hydrogen-bond acceptors (Lipinski definition) is 3. The average Bonchev–Trinajstić information content (AvgIpc) is 3.45. The molecule has 0 unspecified atom stereocenters. The van der Waals surface area contributed by atoms with E-state index in [-0.39, 0.29) is 21.3 Å². The number of anilines is 3. The SMILES string of the molecule is C=C(F)CNc1c(F)ccc(NC(=O)c2cc(NC(=O)[C@H]3[C@H](c4ccc(Cl)c(Cl)c4)C3(Cl)Cl)ccc2Cl)c1F. The van der Waals surface area contributed by atoms with Crippen molar-refractivity contribution in [3.63, 3.8) is 0 Å². The van der Waals surface area contributed by atoms with Crippen LogP contribution in [0.1, 0.15) is 21.8 Å². The molecule has 39 heavy (non-hydrogen) atoms. The van der Waals surface area contributed by atoms with E-state index in [1.54, 1.807) is 18.2 Å². The van der Waals surface area contributed by atoms with E-state index in [0.29, 0.717) is 10.6 Å². The van der Waals surface area contributed by atoms with Gasteiger partial charge in [-0.1, -0.05) is 47.4 Å². The first-order valence-corrected chi connectivity index (χ1v) is 13.0. The van der Waals surface area contributed by atoms with E-state index < -0.39 is 63.4 Å². The van der Waals surface area contributed by atoms with Crippen molar-refractivity contribution in [1.82, 2.24) is 0 Å². The fraction of sp³-hybridized carbons (Fsp3) is 0.154. The molecule has 1 fully saturated rings. The Labute approximate surface area is 246 Å². The number of hydrogen-bond donors (Lipinski definition) is 3. The molecule has 0 spiro atoms. The summed E-state index contributed by atoms with van der Waals surface area (Å²) in [7, 11) is 0. The highest BCUT2D eigenvalue weighted by Gasteiger charge is 2.67. The van der Waals surface area contributed by atoms with Crippen molar-refractivity contribution in [3.8, 4) is 0 Å². The minimum absolute atomic E-state index is 0.00997. The number of nitrogens with one attached hydrogen (secondary N) is 3. The summed E-state index contributed by atoms with van der Waals surface area (Å²) in [6, 6.07) is 10.8. The van der Waals surface area contributed by atoms with E-state index >= 15 is 0 Å². The van der Waals surface area contributed by atoms with Gasteiger partial charge in [-0.3, -0.25) is 9.59 Å². The Morgan fingerprint density at radius 1 is 0.923 bits per heavy atom. The first-order chi connectivity index (χ1) is 18.3. The molecule has 13 heteroatoms. The predicted octanol–water partition coefficient (Wildman–Crippen LogP) is 8.60. The highest BCUT2D eigenvalue weighted by Crippen LogP contribution is 2.65. The fourth-order valence-electron chi connectivity index (χ4n) is 3.96. The van der Waals surface area contributed by atoms with Crippen LogP contribution in [0.5, 0.6) is 0 Å².